The fourth-order valence-corrected chi connectivity index (χ4v) is 3.06. The molecule has 1 aromatic carbocycles. The van der Waals surface area contributed by atoms with Crippen molar-refractivity contribution in [1.82, 2.24) is 4.98 Å². The molecule has 90 valence electrons. The monoisotopic (exact) mass is 306 g/mol. The van der Waals surface area contributed by atoms with Crippen LogP contribution in [0.5, 0.6) is 0 Å². The number of aryl methyl sites for hydroxylation is 1. The zero-order chi connectivity index (χ0) is 12.7. The summed E-state index contributed by atoms with van der Waals surface area (Å²) >= 11 is 0.0450. The zero-order valence-electron chi connectivity index (χ0n) is 9.64. The van der Waals surface area contributed by atoms with E-state index in [1.54, 1.807) is 0 Å². The number of fused-ring (bicyclic) bond motifs is 1. The van der Waals surface area contributed by atoms with Crippen molar-refractivity contribution in [2.75, 3.05) is 5.73 Å². The molecule has 3 rings (SSSR count). The molecule has 0 unspecified atom stereocenters. The van der Waals surface area contributed by atoms with Crippen LogP contribution in [-0.4, -0.2) is 19.5 Å². The number of hydrogen-bond donors (Lipinski definition) is 1. The van der Waals surface area contributed by atoms with Crippen LogP contribution in [0.3, 0.4) is 0 Å². The standard InChI is InChI=1S/C13H10N2O2Se/c1-7-3-2-4-8-5-9(12(16)17-11(7)8)10-6-18-13(14)15-10/h2-6H,1H3,(H2,14,15). The van der Waals surface area contributed by atoms with E-state index in [0.717, 1.165) is 10.9 Å². The second-order valence-electron chi connectivity index (χ2n) is 4.01. The predicted molar refractivity (Wildman–Crippen MR) is 71.8 cm³/mol. The Morgan fingerprint density at radius 3 is 2.94 bits per heavy atom. The molecule has 0 radical (unpaired) electrons. The van der Waals surface area contributed by atoms with Crippen LogP contribution < -0.4 is 11.4 Å². The van der Waals surface area contributed by atoms with Gasteiger partial charge in [0.25, 0.3) is 0 Å². The Bertz CT molecular complexity index is 789. The van der Waals surface area contributed by atoms with Crippen molar-refractivity contribution in [2.24, 2.45) is 0 Å². The maximum absolute atomic E-state index is 12.0. The summed E-state index contributed by atoms with van der Waals surface area (Å²) in [4.78, 5) is 18.0. The molecule has 18 heavy (non-hydrogen) atoms. The third-order valence-corrected chi connectivity index (χ3v) is 4.17. The molecule has 3 aromatic rings. The number of nitrogens with zero attached hydrogens (tertiary/aromatic N) is 1. The number of para-hydroxylation sites is 1. The van der Waals surface area contributed by atoms with Gasteiger partial charge in [-0.25, -0.2) is 0 Å². The van der Waals surface area contributed by atoms with E-state index < -0.39 is 0 Å². The summed E-state index contributed by atoms with van der Waals surface area (Å²) in [6.45, 7) is 1.92. The molecule has 2 heterocycles. The Balaban J connectivity index is 2.32. The van der Waals surface area contributed by atoms with Gasteiger partial charge in [0.2, 0.25) is 0 Å². The molecule has 0 saturated carbocycles. The summed E-state index contributed by atoms with van der Waals surface area (Å²) < 4.78 is 5.96. The van der Waals surface area contributed by atoms with Gasteiger partial charge >= 0.3 is 109 Å². The average Bonchev–Trinajstić information content (AvgIpc) is 2.76. The molecule has 0 aliphatic rings. The first-order valence-electron chi connectivity index (χ1n) is 5.40. The normalized spacial score (nSPS) is 10.9. The third kappa shape index (κ3) is 1.78. The van der Waals surface area contributed by atoms with Crippen molar-refractivity contribution in [2.45, 2.75) is 6.92 Å². The summed E-state index contributed by atoms with van der Waals surface area (Å²) in [5, 5.41) is 0.902. The zero-order valence-corrected chi connectivity index (χ0v) is 11.3. The molecule has 2 aromatic heterocycles. The summed E-state index contributed by atoms with van der Waals surface area (Å²) in [6, 6.07) is 7.59. The summed E-state index contributed by atoms with van der Waals surface area (Å²) in [5.41, 5.74) is 7.97. The molecule has 0 bridgehead atoms. The van der Waals surface area contributed by atoms with Gasteiger partial charge in [0.05, 0.1) is 0 Å². The molecule has 2 N–H and O–H groups in total. The van der Waals surface area contributed by atoms with E-state index in [-0.39, 0.29) is 20.1 Å². The molecular weight excluding hydrogens is 295 g/mol. The topological polar surface area (TPSA) is 69.1 Å². The number of rotatable bonds is 1. The second-order valence-corrected chi connectivity index (χ2v) is 5.88. The number of nitrogen functional groups attached to an aromatic ring is 1. The van der Waals surface area contributed by atoms with Gasteiger partial charge in [-0.3, -0.25) is 0 Å². The van der Waals surface area contributed by atoms with Crippen LogP contribution in [-0.2, 0) is 0 Å². The van der Waals surface area contributed by atoms with Crippen molar-refractivity contribution in [1.29, 1.82) is 0 Å². The maximum atomic E-state index is 12.0. The molecule has 4 nitrogen and oxygen atoms in total. The molecule has 0 saturated heterocycles. The van der Waals surface area contributed by atoms with Crippen LogP contribution in [0.1, 0.15) is 5.56 Å². The third-order valence-electron chi connectivity index (χ3n) is 2.75. The van der Waals surface area contributed by atoms with Gasteiger partial charge in [-0.05, 0) is 0 Å². The summed E-state index contributed by atoms with van der Waals surface area (Å²) in [5.74, 6) is 0. The van der Waals surface area contributed by atoms with E-state index in [2.05, 4.69) is 4.98 Å². The fourth-order valence-electron chi connectivity index (χ4n) is 1.88. The Morgan fingerprint density at radius 1 is 1.39 bits per heavy atom. The Kier molecular flexibility index (Phi) is 2.58. The van der Waals surface area contributed by atoms with Gasteiger partial charge in [-0.1, -0.05) is 0 Å². The Labute approximate surface area is 109 Å². The first-order chi connectivity index (χ1) is 8.65. The van der Waals surface area contributed by atoms with Crippen LogP contribution in [0.4, 0.5) is 4.69 Å². The number of anilines is 1. The van der Waals surface area contributed by atoms with E-state index in [1.807, 2.05) is 36.1 Å². The summed E-state index contributed by atoms with van der Waals surface area (Å²) in [6.07, 6.45) is 0. The molecule has 5 heteroatoms. The summed E-state index contributed by atoms with van der Waals surface area (Å²) in [7, 11) is 0. The van der Waals surface area contributed by atoms with Crippen molar-refractivity contribution in [3.05, 3.63) is 45.2 Å². The van der Waals surface area contributed by atoms with Gasteiger partial charge in [0, 0.05) is 0 Å². The average molecular weight is 305 g/mol. The quantitative estimate of drug-likeness (QED) is 0.550. The minimum absolute atomic E-state index is 0.0450. The number of benzene rings is 1. The fraction of sp³-hybridized carbons (Fsp3) is 0.0769. The van der Waals surface area contributed by atoms with Gasteiger partial charge < -0.3 is 0 Å². The van der Waals surface area contributed by atoms with E-state index in [0.29, 0.717) is 21.5 Å². The number of nitrogens with two attached hydrogens (primary N) is 1. The molecule has 0 aliphatic heterocycles. The van der Waals surface area contributed by atoms with Crippen LogP contribution >= 0.6 is 0 Å². The van der Waals surface area contributed by atoms with Gasteiger partial charge in [-0.15, -0.1) is 0 Å². The van der Waals surface area contributed by atoms with Crippen LogP contribution in [0.15, 0.2) is 38.4 Å². The van der Waals surface area contributed by atoms with Gasteiger partial charge in [0.1, 0.15) is 0 Å². The Morgan fingerprint density at radius 2 is 2.22 bits per heavy atom. The van der Waals surface area contributed by atoms with Crippen molar-refractivity contribution in [3.63, 3.8) is 0 Å². The molecular formula is C13H10N2O2Se. The number of hydrogen-bond acceptors (Lipinski definition) is 4. The predicted octanol–water partition coefficient (Wildman–Crippen LogP) is 1.80. The van der Waals surface area contributed by atoms with Crippen LogP contribution in [0.2, 0.25) is 0 Å². The molecule has 0 atom stereocenters. The first-order valence-corrected chi connectivity index (χ1v) is 7.24. The van der Waals surface area contributed by atoms with E-state index >= 15 is 0 Å². The SMILES string of the molecule is Cc1cccc2cc(-c3c[se]c(N)n3)c(=O)oc12. The van der Waals surface area contributed by atoms with E-state index in [1.165, 1.54) is 0 Å². The second kappa shape index (κ2) is 4.12. The number of aromatic nitrogens is 1. The Hall–Kier alpha value is -1.84. The van der Waals surface area contributed by atoms with Crippen molar-refractivity contribution in [3.8, 4) is 11.3 Å². The molecule has 0 fully saturated rings. The molecule has 0 aliphatic carbocycles. The molecule has 0 spiro atoms. The van der Waals surface area contributed by atoms with Crippen molar-refractivity contribution >= 4 is 30.2 Å². The first kappa shape index (κ1) is 11.3. The van der Waals surface area contributed by atoms with E-state index in [4.69, 9.17) is 10.2 Å². The van der Waals surface area contributed by atoms with Crippen molar-refractivity contribution < 1.29 is 4.42 Å². The van der Waals surface area contributed by atoms with Gasteiger partial charge in [-0.2, -0.15) is 0 Å². The van der Waals surface area contributed by atoms with Gasteiger partial charge in [0.15, 0.2) is 0 Å². The molecule has 0 amide bonds. The van der Waals surface area contributed by atoms with Crippen LogP contribution in [0.25, 0.3) is 22.2 Å². The van der Waals surface area contributed by atoms with Crippen LogP contribution in [0, 0.1) is 6.92 Å². The van der Waals surface area contributed by atoms with E-state index in [9.17, 15) is 4.79 Å². The minimum atomic E-state index is -0.364.